The van der Waals surface area contributed by atoms with E-state index in [2.05, 4.69) is 27.7 Å². The van der Waals surface area contributed by atoms with Crippen molar-refractivity contribution in [3.05, 3.63) is 0 Å². The van der Waals surface area contributed by atoms with Crippen LogP contribution in [0, 0.1) is 11.8 Å². The van der Waals surface area contributed by atoms with Gasteiger partial charge in [0.1, 0.15) is 0 Å². The molecular formula is C24H50. The molecule has 0 radical (unpaired) electrons. The van der Waals surface area contributed by atoms with Gasteiger partial charge in [-0.15, -0.1) is 0 Å². The molecule has 0 unspecified atom stereocenters. The zero-order valence-corrected chi connectivity index (χ0v) is 17.9. The molecule has 0 aromatic carbocycles. The molecule has 0 heterocycles. The molecule has 0 rings (SSSR count). The van der Waals surface area contributed by atoms with Crippen LogP contribution in [0.2, 0.25) is 0 Å². The molecule has 0 aliphatic carbocycles. The zero-order valence-electron chi connectivity index (χ0n) is 17.9. The highest BCUT2D eigenvalue weighted by atomic mass is 14.2. The largest absolute Gasteiger partial charge is 0.0654 e. The smallest absolute Gasteiger partial charge is 0.0414 e. The van der Waals surface area contributed by atoms with E-state index in [9.17, 15) is 0 Å². The molecule has 0 aliphatic heterocycles. The lowest BCUT2D eigenvalue weighted by Crippen LogP contribution is -2.07. The summed E-state index contributed by atoms with van der Waals surface area (Å²) in [6.45, 7) is 9.35. The van der Waals surface area contributed by atoms with Crippen molar-refractivity contribution >= 4 is 0 Å². The van der Waals surface area contributed by atoms with Crippen LogP contribution in [0.25, 0.3) is 0 Å². The normalized spacial score (nSPS) is 11.8. The van der Waals surface area contributed by atoms with Crippen LogP contribution in [0.15, 0.2) is 0 Å². The third kappa shape index (κ3) is 15.5. The SMILES string of the molecule is CCCCCC(CCCCC)CCC(CCCCC)CCCCC. The number of hydrogen-bond acceptors (Lipinski definition) is 0. The van der Waals surface area contributed by atoms with Gasteiger partial charge in [0.15, 0.2) is 0 Å². The van der Waals surface area contributed by atoms with Crippen molar-refractivity contribution in [2.75, 3.05) is 0 Å². The zero-order chi connectivity index (χ0) is 17.9. The average Bonchev–Trinajstić information content (AvgIpc) is 2.59. The molecule has 0 spiro atoms. The molecule has 0 nitrogen and oxygen atoms in total. The second kappa shape index (κ2) is 19.3. The molecule has 0 saturated carbocycles. The first-order chi connectivity index (χ1) is 11.8. The summed E-state index contributed by atoms with van der Waals surface area (Å²) in [7, 11) is 0. The highest BCUT2D eigenvalue weighted by molar-refractivity contribution is 4.66. The van der Waals surface area contributed by atoms with Gasteiger partial charge in [-0.3, -0.25) is 0 Å². The van der Waals surface area contributed by atoms with E-state index in [4.69, 9.17) is 0 Å². The van der Waals surface area contributed by atoms with Crippen molar-refractivity contribution in [3.63, 3.8) is 0 Å². The maximum absolute atomic E-state index is 2.34. The second-order valence-corrected chi connectivity index (χ2v) is 8.29. The summed E-state index contributed by atoms with van der Waals surface area (Å²) in [4.78, 5) is 0. The minimum atomic E-state index is 1.03. The van der Waals surface area contributed by atoms with Gasteiger partial charge in [0.2, 0.25) is 0 Å². The Balaban J connectivity index is 4.21. The highest BCUT2D eigenvalue weighted by Crippen LogP contribution is 2.28. The summed E-state index contributed by atoms with van der Waals surface area (Å²) in [5, 5.41) is 0. The molecule has 0 fully saturated rings. The molecule has 0 aromatic heterocycles. The Kier molecular flexibility index (Phi) is 19.3. The molecule has 24 heavy (non-hydrogen) atoms. The van der Waals surface area contributed by atoms with Gasteiger partial charge in [-0.1, -0.05) is 143 Å². The molecular weight excluding hydrogens is 288 g/mol. The highest BCUT2D eigenvalue weighted by Gasteiger charge is 2.13. The van der Waals surface area contributed by atoms with Gasteiger partial charge in [0.05, 0.1) is 0 Å². The summed E-state index contributed by atoms with van der Waals surface area (Å²) in [6.07, 6.45) is 26.3. The van der Waals surface area contributed by atoms with Crippen molar-refractivity contribution in [2.45, 2.75) is 143 Å². The first kappa shape index (κ1) is 24.0. The lowest BCUT2D eigenvalue weighted by molar-refractivity contribution is 0.312. The van der Waals surface area contributed by atoms with E-state index in [0.29, 0.717) is 0 Å². The third-order valence-electron chi connectivity index (χ3n) is 5.85. The Morgan fingerprint density at radius 3 is 0.792 bits per heavy atom. The lowest BCUT2D eigenvalue weighted by Gasteiger charge is -2.22. The van der Waals surface area contributed by atoms with E-state index in [-0.39, 0.29) is 0 Å². The van der Waals surface area contributed by atoms with Crippen LogP contribution in [-0.4, -0.2) is 0 Å². The standard InChI is InChI=1S/C24H50/c1-5-9-13-17-23(18-14-10-6-2)21-22-24(19-15-11-7-3)20-16-12-8-4/h23-24H,5-22H2,1-4H3. The lowest BCUT2D eigenvalue weighted by atomic mass is 9.84. The second-order valence-electron chi connectivity index (χ2n) is 8.29. The summed E-state index contributed by atoms with van der Waals surface area (Å²) in [6, 6.07) is 0. The number of unbranched alkanes of at least 4 members (excludes halogenated alkanes) is 8. The van der Waals surface area contributed by atoms with Gasteiger partial charge in [-0.2, -0.15) is 0 Å². The fourth-order valence-electron chi connectivity index (χ4n) is 4.07. The molecule has 0 saturated heterocycles. The van der Waals surface area contributed by atoms with E-state index in [1.54, 1.807) is 0 Å². The maximum Gasteiger partial charge on any atom is -0.0414 e. The minimum absolute atomic E-state index is 1.03. The monoisotopic (exact) mass is 338 g/mol. The molecule has 0 atom stereocenters. The van der Waals surface area contributed by atoms with Crippen LogP contribution >= 0.6 is 0 Å². The Labute approximate surface area is 155 Å². The quantitative estimate of drug-likeness (QED) is 0.206. The van der Waals surface area contributed by atoms with Crippen LogP contribution in [0.3, 0.4) is 0 Å². The average molecular weight is 339 g/mol. The topological polar surface area (TPSA) is 0 Å². The molecule has 0 aliphatic rings. The Hall–Kier alpha value is 0. The van der Waals surface area contributed by atoms with Gasteiger partial charge in [-0.05, 0) is 11.8 Å². The first-order valence-corrected chi connectivity index (χ1v) is 11.8. The minimum Gasteiger partial charge on any atom is -0.0654 e. The van der Waals surface area contributed by atoms with Crippen LogP contribution < -0.4 is 0 Å². The van der Waals surface area contributed by atoms with Crippen molar-refractivity contribution < 1.29 is 0 Å². The Morgan fingerprint density at radius 1 is 0.333 bits per heavy atom. The van der Waals surface area contributed by atoms with Gasteiger partial charge in [0, 0.05) is 0 Å². The fourth-order valence-corrected chi connectivity index (χ4v) is 4.07. The van der Waals surface area contributed by atoms with Crippen LogP contribution in [-0.2, 0) is 0 Å². The molecule has 0 amide bonds. The summed E-state index contributed by atoms with van der Waals surface area (Å²) in [5.41, 5.74) is 0. The molecule has 0 bridgehead atoms. The van der Waals surface area contributed by atoms with Crippen molar-refractivity contribution in [1.29, 1.82) is 0 Å². The molecule has 0 aromatic rings. The first-order valence-electron chi connectivity index (χ1n) is 11.8. The van der Waals surface area contributed by atoms with Crippen molar-refractivity contribution in [2.24, 2.45) is 11.8 Å². The van der Waals surface area contributed by atoms with E-state index < -0.39 is 0 Å². The number of rotatable bonds is 19. The molecule has 0 N–H and O–H groups in total. The van der Waals surface area contributed by atoms with Gasteiger partial charge in [0.25, 0.3) is 0 Å². The van der Waals surface area contributed by atoms with Gasteiger partial charge >= 0.3 is 0 Å². The molecule has 146 valence electrons. The fraction of sp³-hybridized carbons (Fsp3) is 1.00. The van der Waals surface area contributed by atoms with E-state index in [0.717, 1.165) is 11.8 Å². The predicted octanol–water partition coefficient (Wildman–Crippen LogP) is 9.32. The van der Waals surface area contributed by atoms with Crippen LogP contribution in [0.4, 0.5) is 0 Å². The van der Waals surface area contributed by atoms with Crippen LogP contribution in [0.1, 0.15) is 143 Å². The van der Waals surface area contributed by atoms with E-state index in [1.807, 2.05) is 0 Å². The Morgan fingerprint density at radius 2 is 0.583 bits per heavy atom. The summed E-state index contributed by atoms with van der Waals surface area (Å²) >= 11 is 0. The Bertz CT molecular complexity index is 176. The van der Waals surface area contributed by atoms with Gasteiger partial charge < -0.3 is 0 Å². The summed E-state index contributed by atoms with van der Waals surface area (Å²) < 4.78 is 0. The third-order valence-corrected chi connectivity index (χ3v) is 5.85. The van der Waals surface area contributed by atoms with Gasteiger partial charge in [-0.25, -0.2) is 0 Å². The van der Waals surface area contributed by atoms with Crippen LogP contribution in [0.5, 0.6) is 0 Å². The maximum atomic E-state index is 2.34. The molecule has 0 heteroatoms. The van der Waals surface area contributed by atoms with E-state index in [1.165, 1.54) is 116 Å². The number of hydrogen-bond donors (Lipinski definition) is 0. The van der Waals surface area contributed by atoms with E-state index >= 15 is 0 Å². The predicted molar refractivity (Wildman–Crippen MR) is 113 cm³/mol. The van der Waals surface area contributed by atoms with Crippen molar-refractivity contribution in [3.8, 4) is 0 Å². The summed E-state index contributed by atoms with van der Waals surface area (Å²) in [5.74, 6) is 2.06. The van der Waals surface area contributed by atoms with Crippen molar-refractivity contribution in [1.82, 2.24) is 0 Å².